The average Bonchev–Trinajstić information content (AvgIpc) is 2.52. The van der Waals surface area contributed by atoms with Gasteiger partial charge < -0.3 is 0 Å². The fraction of sp³-hybridized carbons (Fsp3) is 0.800. The van der Waals surface area contributed by atoms with Crippen molar-refractivity contribution in [2.24, 2.45) is 5.92 Å². The van der Waals surface area contributed by atoms with E-state index in [-0.39, 0.29) is 0 Å². The first-order chi connectivity index (χ1) is 6.74. The third-order valence-corrected chi connectivity index (χ3v) is 2.58. The topological polar surface area (TPSA) is 30.7 Å². The molecule has 0 unspecified atom stereocenters. The first-order valence-electron chi connectivity index (χ1n) is 5.16. The normalized spacial score (nSPS) is 11.1. The summed E-state index contributed by atoms with van der Waals surface area (Å²) < 4.78 is 2.03. The highest BCUT2D eigenvalue weighted by atomic mass is 79.9. The van der Waals surface area contributed by atoms with Crippen molar-refractivity contribution >= 4 is 15.9 Å². The number of hydrogen-bond donors (Lipinski definition) is 0. The summed E-state index contributed by atoms with van der Waals surface area (Å²) in [6, 6.07) is 0. The van der Waals surface area contributed by atoms with Gasteiger partial charge in [-0.3, -0.25) is 0 Å². The Balaban J connectivity index is 2.45. The van der Waals surface area contributed by atoms with Crippen LogP contribution in [0.1, 0.15) is 32.5 Å². The standard InChI is InChI=1S/C10H18BrN3/c1-9(2)7-14-10(12-8-13-14)5-3-4-6-11/h8-9H,3-7H2,1-2H3. The van der Waals surface area contributed by atoms with Crippen LogP contribution in [0, 0.1) is 5.92 Å². The Morgan fingerprint density at radius 2 is 2.21 bits per heavy atom. The van der Waals surface area contributed by atoms with Gasteiger partial charge >= 0.3 is 0 Å². The second-order valence-corrected chi connectivity index (χ2v) is 4.69. The summed E-state index contributed by atoms with van der Waals surface area (Å²) in [6.07, 6.45) is 5.08. The van der Waals surface area contributed by atoms with Crippen molar-refractivity contribution in [3.05, 3.63) is 12.2 Å². The van der Waals surface area contributed by atoms with Crippen LogP contribution < -0.4 is 0 Å². The molecule has 1 aromatic rings. The Labute approximate surface area is 94.0 Å². The Morgan fingerprint density at radius 1 is 1.43 bits per heavy atom. The van der Waals surface area contributed by atoms with Crippen LogP contribution in [-0.2, 0) is 13.0 Å². The van der Waals surface area contributed by atoms with Crippen molar-refractivity contribution in [3.8, 4) is 0 Å². The monoisotopic (exact) mass is 259 g/mol. The van der Waals surface area contributed by atoms with E-state index in [0.29, 0.717) is 5.92 Å². The van der Waals surface area contributed by atoms with E-state index in [1.807, 2.05) is 4.68 Å². The number of rotatable bonds is 6. The van der Waals surface area contributed by atoms with Crippen molar-refractivity contribution in [3.63, 3.8) is 0 Å². The smallest absolute Gasteiger partial charge is 0.138 e. The first kappa shape index (κ1) is 11.7. The molecule has 0 aliphatic carbocycles. The van der Waals surface area contributed by atoms with Crippen molar-refractivity contribution in [2.75, 3.05) is 5.33 Å². The lowest BCUT2D eigenvalue weighted by molar-refractivity contribution is 0.463. The summed E-state index contributed by atoms with van der Waals surface area (Å²) in [5.74, 6) is 1.76. The van der Waals surface area contributed by atoms with Crippen LogP contribution in [0.3, 0.4) is 0 Å². The lowest BCUT2D eigenvalue weighted by Gasteiger charge is -2.07. The molecular formula is C10H18BrN3. The summed E-state index contributed by atoms with van der Waals surface area (Å²) in [4.78, 5) is 4.28. The van der Waals surface area contributed by atoms with E-state index in [0.717, 1.165) is 24.1 Å². The van der Waals surface area contributed by atoms with Crippen LogP contribution in [-0.4, -0.2) is 20.1 Å². The molecule has 0 fully saturated rings. The molecule has 0 aliphatic rings. The number of aryl methyl sites for hydroxylation is 1. The van der Waals surface area contributed by atoms with E-state index in [2.05, 4.69) is 39.9 Å². The van der Waals surface area contributed by atoms with Crippen molar-refractivity contribution in [1.29, 1.82) is 0 Å². The predicted octanol–water partition coefficient (Wildman–Crippen LogP) is 2.65. The Bertz CT molecular complexity index is 258. The minimum Gasteiger partial charge on any atom is -0.250 e. The zero-order valence-corrected chi connectivity index (χ0v) is 10.5. The molecule has 0 aliphatic heterocycles. The zero-order chi connectivity index (χ0) is 10.4. The van der Waals surface area contributed by atoms with Crippen molar-refractivity contribution in [2.45, 2.75) is 39.7 Å². The van der Waals surface area contributed by atoms with Gasteiger partial charge in [0.25, 0.3) is 0 Å². The highest BCUT2D eigenvalue weighted by Gasteiger charge is 2.05. The molecule has 14 heavy (non-hydrogen) atoms. The number of hydrogen-bond acceptors (Lipinski definition) is 2. The third-order valence-electron chi connectivity index (χ3n) is 2.02. The minimum atomic E-state index is 0.631. The van der Waals surface area contributed by atoms with Crippen LogP contribution in [0.25, 0.3) is 0 Å². The maximum atomic E-state index is 4.28. The highest BCUT2D eigenvalue weighted by molar-refractivity contribution is 9.09. The molecule has 0 aromatic carbocycles. The second kappa shape index (κ2) is 6.17. The molecule has 0 saturated carbocycles. The zero-order valence-electron chi connectivity index (χ0n) is 8.91. The van der Waals surface area contributed by atoms with Gasteiger partial charge in [0, 0.05) is 18.3 Å². The van der Waals surface area contributed by atoms with Gasteiger partial charge in [0.05, 0.1) is 0 Å². The van der Waals surface area contributed by atoms with E-state index >= 15 is 0 Å². The van der Waals surface area contributed by atoms with E-state index in [1.54, 1.807) is 6.33 Å². The quantitative estimate of drug-likeness (QED) is 0.581. The molecule has 3 nitrogen and oxygen atoms in total. The Morgan fingerprint density at radius 3 is 2.86 bits per heavy atom. The van der Waals surface area contributed by atoms with E-state index in [4.69, 9.17) is 0 Å². The molecule has 1 heterocycles. The molecular weight excluding hydrogens is 242 g/mol. The average molecular weight is 260 g/mol. The van der Waals surface area contributed by atoms with Crippen LogP contribution in [0.2, 0.25) is 0 Å². The van der Waals surface area contributed by atoms with E-state index < -0.39 is 0 Å². The van der Waals surface area contributed by atoms with Gasteiger partial charge in [0.15, 0.2) is 0 Å². The molecule has 0 saturated heterocycles. The second-order valence-electron chi connectivity index (χ2n) is 3.90. The lowest BCUT2D eigenvalue weighted by Crippen LogP contribution is -2.10. The Kier molecular flexibility index (Phi) is 5.15. The number of unbranched alkanes of at least 4 members (excludes halogenated alkanes) is 1. The molecule has 0 spiro atoms. The first-order valence-corrected chi connectivity index (χ1v) is 6.29. The molecule has 4 heteroatoms. The van der Waals surface area contributed by atoms with Gasteiger partial charge in [-0.25, -0.2) is 9.67 Å². The Hall–Kier alpha value is -0.380. The number of alkyl halides is 1. The van der Waals surface area contributed by atoms with Crippen LogP contribution in [0.5, 0.6) is 0 Å². The van der Waals surface area contributed by atoms with Gasteiger partial charge in [0.2, 0.25) is 0 Å². The molecule has 0 atom stereocenters. The van der Waals surface area contributed by atoms with Crippen molar-refractivity contribution in [1.82, 2.24) is 14.8 Å². The molecule has 0 amide bonds. The van der Waals surface area contributed by atoms with Crippen LogP contribution in [0.4, 0.5) is 0 Å². The predicted molar refractivity (Wildman–Crippen MR) is 61.6 cm³/mol. The molecule has 80 valence electrons. The number of aromatic nitrogens is 3. The maximum Gasteiger partial charge on any atom is 0.138 e. The summed E-state index contributed by atoms with van der Waals surface area (Å²) in [6.45, 7) is 5.37. The van der Waals surface area contributed by atoms with E-state index in [9.17, 15) is 0 Å². The summed E-state index contributed by atoms with van der Waals surface area (Å²) in [7, 11) is 0. The van der Waals surface area contributed by atoms with Gasteiger partial charge in [-0.05, 0) is 18.8 Å². The van der Waals surface area contributed by atoms with Gasteiger partial charge in [0.1, 0.15) is 12.2 Å². The molecule has 1 rings (SSSR count). The molecule has 0 bridgehead atoms. The SMILES string of the molecule is CC(C)Cn1ncnc1CCCCBr. The lowest BCUT2D eigenvalue weighted by atomic mass is 10.2. The van der Waals surface area contributed by atoms with Crippen molar-refractivity contribution < 1.29 is 0 Å². The number of halogens is 1. The third kappa shape index (κ3) is 3.78. The maximum absolute atomic E-state index is 4.28. The highest BCUT2D eigenvalue weighted by Crippen LogP contribution is 2.05. The van der Waals surface area contributed by atoms with Gasteiger partial charge in [-0.15, -0.1) is 0 Å². The fourth-order valence-electron chi connectivity index (χ4n) is 1.36. The largest absolute Gasteiger partial charge is 0.250 e. The minimum absolute atomic E-state index is 0.631. The molecule has 0 N–H and O–H groups in total. The molecule has 0 radical (unpaired) electrons. The van der Waals surface area contributed by atoms with Gasteiger partial charge in [-0.1, -0.05) is 29.8 Å². The van der Waals surface area contributed by atoms with Crippen LogP contribution >= 0.6 is 15.9 Å². The summed E-state index contributed by atoms with van der Waals surface area (Å²) in [5.41, 5.74) is 0. The summed E-state index contributed by atoms with van der Waals surface area (Å²) in [5, 5.41) is 5.30. The number of nitrogens with zero attached hydrogens (tertiary/aromatic N) is 3. The fourth-order valence-corrected chi connectivity index (χ4v) is 1.75. The summed E-state index contributed by atoms with van der Waals surface area (Å²) >= 11 is 3.43. The van der Waals surface area contributed by atoms with Gasteiger partial charge in [-0.2, -0.15) is 5.10 Å². The molecule has 1 aromatic heterocycles. The van der Waals surface area contributed by atoms with Crippen LogP contribution in [0.15, 0.2) is 6.33 Å². The van der Waals surface area contributed by atoms with E-state index in [1.165, 1.54) is 12.8 Å².